The number of benzene rings is 2. The van der Waals surface area contributed by atoms with Crippen molar-refractivity contribution in [3.05, 3.63) is 88.5 Å². The van der Waals surface area contributed by atoms with Gasteiger partial charge in [-0.15, -0.1) is 0 Å². The van der Waals surface area contributed by atoms with Crippen molar-refractivity contribution in [2.24, 2.45) is 0 Å². The molecule has 1 aromatic heterocycles. The minimum absolute atomic E-state index is 0.0465. The van der Waals surface area contributed by atoms with E-state index in [0.717, 1.165) is 5.56 Å². The standard InChI is InChI=1S/C24H21ClN2O4/c1-3-30-17-11-9-16(10-12-17)21-22(26-20-8-4-7-19(25)15(20)2)24(29)27(23(21)28)14-18-6-5-13-31-18/h4-13,26H,3,14H2,1-2H3. The van der Waals surface area contributed by atoms with E-state index in [9.17, 15) is 9.59 Å². The van der Waals surface area contributed by atoms with Gasteiger partial charge in [-0.2, -0.15) is 0 Å². The fraction of sp³-hybridized carbons (Fsp3) is 0.167. The van der Waals surface area contributed by atoms with Gasteiger partial charge in [-0.1, -0.05) is 29.8 Å². The number of hydrogen-bond acceptors (Lipinski definition) is 5. The van der Waals surface area contributed by atoms with Gasteiger partial charge in [0.2, 0.25) is 0 Å². The van der Waals surface area contributed by atoms with Gasteiger partial charge in [-0.05, 0) is 61.4 Å². The Labute approximate surface area is 185 Å². The Morgan fingerprint density at radius 1 is 1.03 bits per heavy atom. The number of rotatable bonds is 7. The van der Waals surface area contributed by atoms with Gasteiger partial charge >= 0.3 is 0 Å². The fourth-order valence-electron chi connectivity index (χ4n) is 3.42. The van der Waals surface area contributed by atoms with E-state index in [4.69, 9.17) is 20.8 Å². The molecule has 0 fully saturated rings. The van der Waals surface area contributed by atoms with Gasteiger partial charge < -0.3 is 14.5 Å². The van der Waals surface area contributed by atoms with Crippen LogP contribution in [-0.2, 0) is 16.1 Å². The summed E-state index contributed by atoms with van der Waals surface area (Å²) in [5.41, 5.74) is 2.55. The molecule has 3 aromatic rings. The molecule has 0 aliphatic carbocycles. The number of furan rings is 1. The number of halogens is 1. The Morgan fingerprint density at radius 3 is 2.48 bits per heavy atom. The predicted molar refractivity (Wildman–Crippen MR) is 119 cm³/mol. The molecule has 1 aliphatic heterocycles. The van der Waals surface area contributed by atoms with Crippen LogP contribution < -0.4 is 10.1 Å². The van der Waals surface area contributed by atoms with Crippen molar-refractivity contribution in [1.29, 1.82) is 0 Å². The van der Waals surface area contributed by atoms with Crippen molar-refractivity contribution in [2.45, 2.75) is 20.4 Å². The van der Waals surface area contributed by atoms with E-state index >= 15 is 0 Å². The molecule has 31 heavy (non-hydrogen) atoms. The molecule has 2 amide bonds. The second-order valence-corrected chi connectivity index (χ2v) is 7.43. The molecule has 158 valence electrons. The molecule has 0 saturated heterocycles. The van der Waals surface area contributed by atoms with Crippen LogP contribution in [0.2, 0.25) is 5.02 Å². The molecule has 0 saturated carbocycles. The van der Waals surface area contributed by atoms with E-state index in [1.54, 1.807) is 48.5 Å². The summed E-state index contributed by atoms with van der Waals surface area (Å²) in [6.07, 6.45) is 1.51. The lowest BCUT2D eigenvalue weighted by molar-refractivity contribution is -0.137. The van der Waals surface area contributed by atoms with E-state index in [1.165, 1.54) is 11.2 Å². The quantitative estimate of drug-likeness (QED) is 0.526. The Balaban J connectivity index is 1.76. The number of hydrogen-bond donors (Lipinski definition) is 1. The summed E-state index contributed by atoms with van der Waals surface area (Å²) in [5.74, 6) is 0.390. The second kappa shape index (κ2) is 8.70. The van der Waals surface area contributed by atoms with Gasteiger partial charge in [-0.25, -0.2) is 0 Å². The molecular formula is C24H21ClN2O4. The van der Waals surface area contributed by atoms with E-state index in [-0.39, 0.29) is 12.2 Å². The molecule has 4 rings (SSSR count). The number of nitrogens with one attached hydrogen (secondary N) is 1. The van der Waals surface area contributed by atoms with Crippen molar-refractivity contribution >= 4 is 34.7 Å². The van der Waals surface area contributed by atoms with Gasteiger partial charge in [0.1, 0.15) is 17.2 Å². The summed E-state index contributed by atoms with van der Waals surface area (Å²) >= 11 is 6.24. The molecule has 2 aromatic carbocycles. The Morgan fingerprint density at radius 2 is 1.81 bits per heavy atom. The lowest BCUT2D eigenvalue weighted by atomic mass is 10.0. The summed E-state index contributed by atoms with van der Waals surface area (Å²) in [7, 11) is 0. The minimum atomic E-state index is -0.426. The molecule has 0 unspecified atom stereocenters. The molecule has 2 heterocycles. The smallest absolute Gasteiger partial charge is 0.278 e. The number of imide groups is 1. The summed E-state index contributed by atoms with van der Waals surface area (Å²) in [6, 6.07) is 15.9. The van der Waals surface area contributed by atoms with Crippen LogP contribution in [0.4, 0.5) is 5.69 Å². The van der Waals surface area contributed by atoms with Crippen LogP contribution in [0.5, 0.6) is 5.75 Å². The van der Waals surface area contributed by atoms with E-state index in [0.29, 0.717) is 40.0 Å². The first-order valence-corrected chi connectivity index (χ1v) is 10.3. The SMILES string of the molecule is CCOc1ccc(C2=C(Nc3cccc(Cl)c3C)C(=O)N(Cc3ccco3)C2=O)cc1. The molecule has 0 spiro atoms. The highest BCUT2D eigenvalue weighted by Gasteiger charge is 2.39. The lowest BCUT2D eigenvalue weighted by Crippen LogP contribution is -2.31. The summed E-state index contributed by atoms with van der Waals surface area (Å²) in [5, 5.41) is 3.72. The van der Waals surface area contributed by atoms with Crippen molar-refractivity contribution in [3.63, 3.8) is 0 Å². The maximum atomic E-state index is 13.3. The van der Waals surface area contributed by atoms with Gasteiger partial charge in [0.15, 0.2) is 0 Å². The summed E-state index contributed by atoms with van der Waals surface area (Å²) in [4.78, 5) is 27.8. The van der Waals surface area contributed by atoms with Crippen LogP contribution in [0.25, 0.3) is 5.57 Å². The average molecular weight is 437 g/mol. The Bertz CT molecular complexity index is 1150. The molecular weight excluding hydrogens is 416 g/mol. The number of anilines is 1. The van der Waals surface area contributed by atoms with E-state index in [2.05, 4.69) is 5.32 Å². The Kier molecular flexibility index (Phi) is 5.82. The molecule has 1 aliphatic rings. The third-order valence-electron chi connectivity index (χ3n) is 5.04. The maximum Gasteiger partial charge on any atom is 0.278 e. The van der Waals surface area contributed by atoms with Gasteiger partial charge in [0, 0.05) is 10.7 Å². The number of carbonyl (C=O) groups excluding carboxylic acids is 2. The van der Waals surface area contributed by atoms with E-state index < -0.39 is 11.8 Å². The second-order valence-electron chi connectivity index (χ2n) is 7.02. The molecule has 0 radical (unpaired) electrons. The first-order valence-electron chi connectivity index (χ1n) is 9.87. The largest absolute Gasteiger partial charge is 0.494 e. The third kappa shape index (κ3) is 4.07. The highest BCUT2D eigenvalue weighted by atomic mass is 35.5. The van der Waals surface area contributed by atoms with E-state index in [1.807, 2.05) is 19.9 Å². The zero-order valence-electron chi connectivity index (χ0n) is 17.1. The topological polar surface area (TPSA) is 71.8 Å². The monoisotopic (exact) mass is 436 g/mol. The van der Waals surface area contributed by atoms with Crippen molar-refractivity contribution in [1.82, 2.24) is 4.90 Å². The number of ether oxygens (including phenoxy) is 1. The first kappa shape index (κ1) is 20.8. The van der Waals surface area contributed by atoms with Crippen LogP contribution in [0, 0.1) is 6.92 Å². The molecule has 1 N–H and O–H groups in total. The zero-order valence-corrected chi connectivity index (χ0v) is 17.9. The maximum absolute atomic E-state index is 13.3. The fourth-order valence-corrected chi connectivity index (χ4v) is 3.60. The highest BCUT2D eigenvalue weighted by Crippen LogP contribution is 2.34. The average Bonchev–Trinajstić information content (AvgIpc) is 3.35. The number of amides is 2. The van der Waals surface area contributed by atoms with Gasteiger partial charge in [0.05, 0.1) is 25.0 Å². The van der Waals surface area contributed by atoms with Crippen LogP contribution in [0.15, 0.2) is 71.0 Å². The van der Waals surface area contributed by atoms with Crippen LogP contribution in [-0.4, -0.2) is 23.3 Å². The molecule has 7 heteroatoms. The predicted octanol–water partition coefficient (Wildman–Crippen LogP) is 5.03. The molecule has 0 bridgehead atoms. The summed E-state index contributed by atoms with van der Waals surface area (Å²) in [6.45, 7) is 4.34. The Hall–Kier alpha value is -3.51. The molecule has 0 atom stereocenters. The number of nitrogens with zero attached hydrogens (tertiary/aromatic N) is 1. The molecule has 6 nitrogen and oxygen atoms in total. The van der Waals surface area contributed by atoms with Crippen molar-refractivity contribution in [3.8, 4) is 5.75 Å². The lowest BCUT2D eigenvalue weighted by Gasteiger charge is -2.14. The van der Waals surface area contributed by atoms with Crippen LogP contribution in [0.3, 0.4) is 0 Å². The van der Waals surface area contributed by atoms with Gasteiger partial charge in [-0.3, -0.25) is 14.5 Å². The summed E-state index contributed by atoms with van der Waals surface area (Å²) < 4.78 is 10.8. The zero-order chi connectivity index (χ0) is 22.0. The van der Waals surface area contributed by atoms with Crippen LogP contribution in [0.1, 0.15) is 23.8 Å². The van der Waals surface area contributed by atoms with Crippen molar-refractivity contribution in [2.75, 3.05) is 11.9 Å². The van der Waals surface area contributed by atoms with Gasteiger partial charge in [0.25, 0.3) is 11.8 Å². The minimum Gasteiger partial charge on any atom is -0.494 e. The third-order valence-corrected chi connectivity index (χ3v) is 5.45. The number of carbonyl (C=O) groups is 2. The van der Waals surface area contributed by atoms with Crippen molar-refractivity contribution < 1.29 is 18.7 Å². The first-order chi connectivity index (χ1) is 15.0. The highest BCUT2D eigenvalue weighted by molar-refractivity contribution is 6.36. The van der Waals surface area contributed by atoms with Crippen LogP contribution >= 0.6 is 11.6 Å². The normalized spacial score (nSPS) is 13.8.